The first-order valence-electron chi connectivity index (χ1n) is 10.6. The molecule has 31 heavy (non-hydrogen) atoms. The number of nitrogens with zero attached hydrogens (tertiary/aromatic N) is 4. The van der Waals surface area contributed by atoms with E-state index in [1.807, 2.05) is 44.3 Å². The number of aryl methyl sites for hydroxylation is 2. The minimum Gasteiger partial charge on any atom is -0.454 e. The van der Waals surface area contributed by atoms with Crippen LogP contribution in [0.3, 0.4) is 0 Å². The highest BCUT2D eigenvalue weighted by Gasteiger charge is 2.26. The van der Waals surface area contributed by atoms with Crippen molar-refractivity contribution in [2.45, 2.75) is 33.2 Å². The number of amides is 1. The summed E-state index contributed by atoms with van der Waals surface area (Å²) in [4.78, 5) is 28.7. The van der Waals surface area contributed by atoms with E-state index in [1.165, 1.54) is 0 Å². The lowest BCUT2D eigenvalue weighted by Crippen LogP contribution is -2.43. The van der Waals surface area contributed by atoms with Gasteiger partial charge in [0, 0.05) is 19.6 Å². The molecule has 0 bridgehead atoms. The molecule has 0 radical (unpaired) electrons. The van der Waals surface area contributed by atoms with Crippen molar-refractivity contribution in [3.8, 4) is 11.5 Å². The Morgan fingerprint density at radius 2 is 2.00 bits per heavy atom. The number of anilines is 1. The van der Waals surface area contributed by atoms with Gasteiger partial charge in [0.2, 0.25) is 12.7 Å². The van der Waals surface area contributed by atoms with E-state index in [1.54, 1.807) is 0 Å². The van der Waals surface area contributed by atoms with Gasteiger partial charge < -0.3 is 19.7 Å². The maximum Gasteiger partial charge on any atom is 0.231 e. The second-order valence-electron chi connectivity index (χ2n) is 8.12. The number of piperidine rings is 1. The van der Waals surface area contributed by atoms with Crippen molar-refractivity contribution in [1.29, 1.82) is 0 Å². The number of rotatable bonds is 4. The average molecular weight is 419 g/mol. The lowest BCUT2D eigenvalue weighted by molar-refractivity contribution is -0.125. The van der Waals surface area contributed by atoms with Gasteiger partial charge in [0.25, 0.3) is 0 Å². The fraction of sp³-hybridized carbons (Fsp3) is 0.391. The minimum atomic E-state index is -0.0655. The lowest BCUT2D eigenvalue weighted by atomic mass is 9.96. The van der Waals surface area contributed by atoms with Gasteiger partial charge in [-0.1, -0.05) is 6.07 Å². The first kappa shape index (κ1) is 19.5. The van der Waals surface area contributed by atoms with E-state index in [9.17, 15) is 4.79 Å². The molecule has 1 N–H and O–H groups in total. The Morgan fingerprint density at radius 1 is 1.16 bits per heavy atom. The quantitative estimate of drug-likeness (QED) is 0.695. The highest BCUT2D eigenvalue weighted by Crippen LogP contribution is 2.32. The van der Waals surface area contributed by atoms with Crippen LogP contribution in [0.15, 0.2) is 30.5 Å². The molecule has 1 saturated heterocycles. The van der Waals surface area contributed by atoms with Crippen LogP contribution in [0.4, 0.5) is 5.69 Å². The Balaban J connectivity index is 1.25. The summed E-state index contributed by atoms with van der Waals surface area (Å²) in [5.41, 5.74) is 5.22. The van der Waals surface area contributed by atoms with Crippen molar-refractivity contribution >= 4 is 22.8 Å². The molecule has 160 valence electrons. The predicted octanol–water partition coefficient (Wildman–Crippen LogP) is 2.90. The van der Waals surface area contributed by atoms with Crippen LogP contribution < -0.4 is 19.7 Å². The number of pyridine rings is 1. The number of carbonyl (C=O) groups excluding carboxylic acids is 1. The molecule has 1 unspecified atom stereocenters. The molecule has 1 atom stereocenters. The van der Waals surface area contributed by atoms with Crippen LogP contribution in [0.25, 0.3) is 11.2 Å². The van der Waals surface area contributed by atoms with Crippen LogP contribution in [0.1, 0.15) is 29.8 Å². The Morgan fingerprint density at radius 3 is 2.90 bits per heavy atom. The van der Waals surface area contributed by atoms with E-state index in [2.05, 4.69) is 25.2 Å². The monoisotopic (exact) mass is 419 g/mol. The van der Waals surface area contributed by atoms with Crippen LogP contribution in [-0.4, -0.2) is 40.7 Å². The number of hydrogen-bond donors (Lipinski definition) is 1. The van der Waals surface area contributed by atoms with E-state index in [0.717, 1.165) is 59.0 Å². The van der Waals surface area contributed by atoms with E-state index in [-0.39, 0.29) is 18.6 Å². The summed E-state index contributed by atoms with van der Waals surface area (Å²) in [5.74, 6) is 1.48. The van der Waals surface area contributed by atoms with E-state index >= 15 is 0 Å². The molecule has 8 nitrogen and oxygen atoms in total. The number of benzene rings is 1. The van der Waals surface area contributed by atoms with Crippen molar-refractivity contribution in [3.05, 3.63) is 47.4 Å². The molecule has 2 aliphatic rings. The van der Waals surface area contributed by atoms with Crippen molar-refractivity contribution in [1.82, 2.24) is 20.3 Å². The van der Waals surface area contributed by atoms with Gasteiger partial charge in [-0.05, 0) is 50.5 Å². The highest BCUT2D eigenvalue weighted by atomic mass is 16.7. The van der Waals surface area contributed by atoms with Gasteiger partial charge in [0.05, 0.1) is 29.2 Å². The number of hydrogen-bond acceptors (Lipinski definition) is 7. The first-order valence-corrected chi connectivity index (χ1v) is 10.6. The van der Waals surface area contributed by atoms with Crippen molar-refractivity contribution in [2.24, 2.45) is 5.92 Å². The van der Waals surface area contributed by atoms with E-state index < -0.39 is 0 Å². The van der Waals surface area contributed by atoms with E-state index in [4.69, 9.17) is 9.47 Å². The molecule has 0 aliphatic carbocycles. The average Bonchev–Trinajstić information content (AvgIpc) is 3.26. The van der Waals surface area contributed by atoms with Crippen molar-refractivity contribution < 1.29 is 14.3 Å². The standard InChI is InChI=1S/C23H25N5O3/c1-14-15(2)27-22-19(26-14)9-18(11-24-22)28-7-3-4-17(12-28)23(29)25-10-16-5-6-20-21(8-16)31-13-30-20/h5-6,8-9,11,17H,3-4,7,10,12-13H2,1-2H3,(H,25,29). The zero-order valence-electron chi connectivity index (χ0n) is 17.7. The molecule has 5 rings (SSSR count). The Labute approximate surface area is 180 Å². The normalized spacial score (nSPS) is 17.7. The zero-order valence-corrected chi connectivity index (χ0v) is 17.7. The third kappa shape index (κ3) is 3.97. The third-order valence-electron chi connectivity index (χ3n) is 5.98. The van der Waals surface area contributed by atoms with Crippen LogP contribution in [0, 0.1) is 19.8 Å². The third-order valence-corrected chi connectivity index (χ3v) is 5.98. The molecule has 1 amide bonds. The molecule has 4 heterocycles. The fourth-order valence-corrected chi connectivity index (χ4v) is 4.09. The molecule has 2 aromatic heterocycles. The van der Waals surface area contributed by atoms with Crippen LogP contribution >= 0.6 is 0 Å². The van der Waals surface area contributed by atoms with Gasteiger partial charge >= 0.3 is 0 Å². The SMILES string of the molecule is Cc1nc2cc(N3CCCC(C(=O)NCc4ccc5c(c4)OCO5)C3)cnc2nc1C. The number of fused-ring (bicyclic) bond motifs is 2. The maximum atomic E-state index is 12.8. The summed E-state index contributed by atoms with van der Waals surface area (Å²) < 4.78 is 10.8. The van der Waals surface area contributed by atoms with Crippen LogP contribution in [0.5, 0.6) is 11.5 Å². The number of aromatic nitrogens is 3. The topological polar surface area (TPSA) is 89.5 Å². The van der Waals surface area contributed by atoms with Crippen molar-refractivity contribution in [2.75, 3.05) is 24.8 Å². The molecular formula is C23H25N5O3. The van der Waals surface area contributed by atoms with Gasteiger partial charge in [-0.2, -0.15) is 0 Å². The fourth-order valence-electron chi connectivity index (χ4n) is 4.09. The molecule has 1 fully saturated rings. The Kier molecular flexibility index (Phi) is 5.05. The summed E-state index contributed by atoms with van der Waals surface area (Å²) in [7, 11) is 0. The smallest absolute Gasteiger partial charge is 0.231 e. The Hall–Kier alpha value is -3.42. The molecule has 8 heteroatoms. The second-order valence-corrected chi connectivity index (χ2v) is 8.12. The second kappa shape index (κ2) is 8.02. The molecule has 0 saturated carbocycles. The molecule has 0 spiro atoms. The van der Waals surface area contributed by atoms with Gasteiger partial charge in [0.15, 0.2) is 17.1 Å². The lowest BCUT2D eigenvalue weighted by Gasteiger charge is -2.33. The number of ether oxygens (including phenoxy) is 2. The van der Waals surface area contributed by atoms with Crippen LogP contribution in [0.2, 0.25) is 0 Å². The highest BCUT2D eigenvalue weighted by molar-refractivity contribution is 5.80. The number of carbonyl (C=O) groups is 1. The number of nitrogens with one attached hydrogen (secondary N) is 1. The summed E-state index contributed by atoms with van der Waals surface area (Å²) in [6, 6.07) is 7.77. The Bertz CT molecular complexity index is 1150. The van der Waals surface area contributed by atoms with Crippen LogP contribution in [-0.2, 0) is 11.3 Å². The van der Waals surface area contributed by atoms with Gasteiger partial charge in [0.1, 0.15) is 5.52 Å². The summed E-state index contributed by atoms with van der Waals surface area (Å²) >= 11 is 0. The minimum absolute atomic E-state index is 0.0655. The summed E-state index contributed by atoms with van der Waals surface area (Å²) in [6.45, 7) is 6.18. The van der Waals surface area contributed by atoms with E-state index in [0.29, 0.717) is 18.7 Å². The summed E-state index contributed by atoms with van der Waals surface area (Å²) in [6.07, 6.45) is 3.67. The van der Waals surface area contributed by atoms with Gasteiger partial charge in [-0.15, -0.1) is 0 Å². The molecule has 2 aliphatic heterocycles. The summed E-state index contributed by atoms with van der Waals surface area (Å²) in [5, 5.41) is 3.08. The molecule has 1 aromatic carbocycles. The molecule has 3 aromatic rings. The van der Waals surface area contributed by atoms with Gasteiger partial charge in [-0.25, -0.2) is 15.0 Å². The predicted molar refractivity (Wildman–Crippen MR) is 116 cm³/mol. The van der Waals surface area contributed by atoms with Crippen molar-refractivity contribution in [3.63, 3.8) is 0 Å². The van der Waals surface area contributed by atoms with Gasteiger partial charge in [-0.3, -0.25) is 4.79 Å². The first-order chi connectivity index (χ1) is 15.1. The molecular weight excluding hydrogens is 394 g/mol. The largest absolute Gasteiger partial charge is 0.454 e. The zero-order chi connectivity index (χ0) is 21.4. The maximum absolute atomic E-state index is 12.8.